The third kappa shape index (κ3) is 4.29. The molecule has 0 saturated carbocycles. The van der Waals surface area contributed by atoms with Gasteiger partial charge in [-0.25, -0.2) is 0 Å². The van der Waals surface area contributed by atoms with Crippen LogP contribution in [0.1, 0.15) is 39.4 Å². The molecule has 3 nitrogen and oxygen atoms in total. The van der Waals surface area contributed by atoms with E-state index in [-0.39, 0.29) is 11.7 Å². The molecular weight excluding hydrogens is 339 g/mol. The van der Waals surface area contributed by atoms with E-state index < -0.39 is 6.36 Å². The number of ether oxygens (including phenoxy) is 1. The molecule has 24 heavy (non-hydrogen) atoms. The number of carbonyl (C=O) groups is 1. The Bertz CT molecular complexity index is 699. The molecular formula is C17H16F3NO2S. The van der Waals surface area contributed by atoms with Gasteiger partial charge in [0.05, 0.1) is 4.88 Å². The lowest BCUT2D eigenvalue weighted by Crippen LogP contribution is -2.17. The minimum Gasteiger partial charge on any atom is -0.406 e. The predicted molar refractivity (Wildman–Crippen MR) is 86.7 cm³/mol. The Balaban J connectivity index is 1.66. The highest BCUT2D eigenvalue weighted by atomic mass is 32.1. The summed E-state index contributed by atoms with van der Waals surface area (Å²) in [5.41, 5.74) is 1.68. The molecule has 0 unspecified atom stereocenters. The van der Waals surface area contributed by atoms with E-state index in [1.165, 1.54) is 52.5 Å². The summed E-state index contributed by atoms with van der Waals surface area (Å²) in [4.78, 5) is 14.2. The lowest BCUT2D eigenvalue weighted by atomic mass is 10.1. The van der Waals surface area contributed by atoms with Crippen molar-refractivity contribution in [3.8, 4) is 5.75 Å². The van der Waals surface area contributed by atoms with Crippen molar-refractivity contribution in [1.82, 2.24) is 0 Å². The normalized spacial score (nSPS) is 14.6. The Morgan fingerprint density at radius 2 is 1.79 bits per heavy atom. The van der Waals surface area contributed by atoms with E-state index in [0.29, 0.717) is 10.6 Å². The van der Waals surface area contributed by atoms with Crippen molar-refractivity contribution < 1.29 is 22.7 Å². The van der Waals surface area contributed by atoms with Crippen LogP contribution in [0.3, 0.4) is 0 Å². The number of anilines is 1. The molecule has 0 bridgehead atoms. The number of benzene rings is 1. The van der Waals surface area contributed by atoms with E-state index in [0.717, 1.165) is 25.7 Å². The smallest absolute Gasteiger partial charge is 0.406 e. The maximum atomic E-state index is 12.3. The van der Waals surface area contributed by atoms with Gasteiger partial charge in [-0.15, -0.1) is 24.5 Å². The van der Waals surface area contributed by atoms with E-state index in [9.17, 15) is 18.0 Å². The van der Waals surface area contributed by atoms with Crippen molar-refractivity contribution in [2.75, 3.05) is 5.32 Å². The monoisotopic (exact) mass is 355 g/mol. The van der Waals surface area contributed by atoms with Gasteiger partial charge in [-0.1, -0.05) is 6.42 Å². The number of amides is 1. The summed E-state index contributed by atoms with van der Waals surface area (Å²) in [6, 6.07) is 7.05. The zero-order valence-electron chi connectivity index (χ0n) is 12.8. The Labute approximate surface area is 141 Å². The van der Waals surface area contributed by atoms with Crippen molar-refractivity contribution in [1.29, 1.82) is 0 Å². The maximum absolute atomic E-state index is 12.3. The molecule has 1 amide bonds. The van der Waals surface area contributed by atoms with Gasteiger partial charge in [-0.2, -0.15) is 0 Å². The topological polar surface area (TPSA) is 38.3 Å². The van der Waals surface area contributed by atoms with Crippen molar-refractivity contribution >= 4 is 22.9 Å². The van der Waals surface area contributed by atoms with Gasteiger partial charge in [0.15, 0.2) is 0 Å². The second-order valence-corrected chi connectivity index (χ2v) is 6.78. The van der Waals surface area contributed by atoms with Gasteiger partial charge < -0.3 is 10.1 Å². The van der Waals surface area contributed by atoms with Crippen LogP contribution in [-0.2, 0) is 12.8 Å². The molecule has 0 fully saturated rings. The first kappa shape index (κ1) is 16.8. The van der Waals surface area contributed by atoms with Crippen molar-refractivity contribution in [3.63, 3.8) is 0 Å². The van der Waals surface area contributed by atoms with Gasteiger partial charge in [0, 0.05) is 10.6 Å². The number of carbonyl (C=O) groups excluding carboxylic acids is 1. The SMILES string of the molecule is O=C(Nc1ccc(OC(F)(F)F)cc1)c1cc2c(s1)CCCCC2. The first-order valence-electron chi connectivity index (χ1n) is 7.69. The van der Waals surface area contributed by atoms with Gasteiger partial charge in [0.1, 0.15) is 5.75 Å². The molecule has 0 atom stereocenters. The lowest BCUT2D eigenvalue weighted by Gasteiger charge is -2.09. The number of alkyl halides is 3. The predicted octanol–water partition coefficient (Wildman–Crippen LogP) is 5.17. The molecule has 2 aromatic rings. The third-order valence-electron chi connectivity index (χ3n) is 3.82. The van der Waals surface area contributed by atoms with Crippen LogP contribution in [0.15, 0.2) is 30.3 Å². The highest BCUT2D eigenvalue weighted by molar-refractivity contribution is 7.14. The lowest BCUT2D eigenvalue weighted by molar-refractivity contribution is -0.274. The van der Waals surface area contributed by atoms with E-state index in [1.54, 1.807) is 0 Å². The molecule has 7 heteroatoms. The number of hydrogen-bond donors (Lipinski definition) is 1. The van der Waals surface area contributed by atoms with Gasteiger partial charge >= 0.3 is 6.36 Å². The maximum Gasteiger partial charge on any atom is 0.573 e. The average molecular weight is 355 g/mol. The van der Waals surface area contributed by atoms with Crippen LogP contribution in [0.2, 0.25) is 0 Å². The highest BCUT2D eigenvalue weighted by Crippen LogP contribution is 2.30. The van der Waals surface area contributed by atoms with Crippen LogP contribution in [-0.4, -0.2) is 12.3 Å². The van der Waals surface area contributed by atoms with Crippen LogP contribution in [0.25, 0.3) is 0 Å². The average Bonchev–Trinajstić information content (AvgIpc) is 2.79. The molecule has 1 heterocycles. The molecule has 1 aliphatic carbocycles. The summed E-state index contributed by atoms with van der Waals surface area (Å²) < 4.78 is 40.2. The molecule has 0 spiro atoms. The minimum atomic E-state index is -4.72. The Hall–Kier alpha value is -2.02. The quantitative estimate of drug-likeness (QED) is 0.772. The molecule has 0 aliphatic heterocycles. The van der Waals surface area contributed by atoms with Crippen LogP contribution < -0.4 is 10.1 Å². The molecule has 128 valence electrons. The molecule has 1 aromatic carbocycles. The Kier molecular flexibility index (Phi) is 4.80. The van der Waals surface area contributed by atoms with E-state index in [1.807, 2.05) is 6.07 Å². The molecule has 0 saturated heterocycles. The van der Waals surface area contributed by atoms with Gasteiger partial charge in [0.2, 0.25) is 0 Å². The summed E-state index contributed by atoms with van der Waals surface area (Å²) in [7, 11) is 0. The third-order valence-corrected chi connectivity index (χ3v) is 5.05. The van der Waals surface area contributed by atoms with Crippen molar-refractivity contribution in [2.45, 2.75) is 38.5 Å². The molecule has 3 rings (SSSR count). The number of hydrogen-bond acceptors (Lipinski definition) is 3. The van der Waals surface area contributed by atoms with Gasteiger partial charge in [-0.3, -0.25) is 4.79 Å². The summed E-state index contributed by atoms with van der Waals surface area (Å²) in [5, 5.41) is 2.71. The van der Waals surface area contributed by atoms with Crippen LogP contribution >= 0.6 is 11.3 Å². The van der Waals surface area contributed by atoms with E-state index in [2.05, 4.69) is 10.1 Å². The summed E-state index contributed by atoms with van der Waals surface area (Å²) in [6.07, 6.45) is 0.800. The highest BCUT2D eigenvalue weighted by Gasteiger charge is 2.31. The van der Waals surface area contributed by atoms with Crippen LogP contribution in [0.5, 0.6) is 5.75 Å². The summed E-state index contributed by atoms with van der Waals surface area (Å²) >= 11 is 1.50. The fraction of sp³-hybridized carbons (Fsp3) is 0.353. The van der Waals surface area contributed by atoms with E-state index in [4.69, 9.17) is 0 Å². The number of rotatable bonds is 3. The fourth-order valence-electron chi connectivity index (χ4n) is 2.71. The van der Waals surface area contributed by atoms with Crippen molar-refractivity contribution in [2.24, 2.45) is 0 Å². The second-order valence-electron chi connectivity index (χ2n) is 5.65. The standard InChI is InChI=1S/C17H16F3NO2S/c18-17(19,20)23-13-8-6-12(7-9-13)21-16(22)15-10-11-4-2-1-3-5-14(11)24-15/h6-10H,1-5H2,(H,21,22). The van der Waals surface area contributed by atoms with Crippen molar-refractivity contribution in [3.05, 3.63) is 45.6 Å². The second kappa shape index (κ2) is 6.84. The Morgan fingerprint density at radius 3 is 2.50 bits per heavy atom. The summed E-state index contributed by atoms with van der Waals surface area (Å²) in [6.45, 7) is 0. The number of halogens is 3. The van der Waals surface area contributed by atoms with Crippen LogP contribution in [0, 0.1) is 0 Å². The Morgan fingerprint density at radius 1 is 1.08 bits per heavy atom. The van der Waals surface area contributed by atoms with Gasteiger partial charge in [-0.05, 0) is 61.6 Å². The zero-order valence-corrected chi connectivity index (χ0v) is 13.6. The number of aryl methyl sites for hydroxylation is 2. The zero-order chi connectivity index (χ0) is 17.2. The minimum absolute atomic E-state index is 0.238. The van der Waals surface area contributed by atoms with E-state index >= 15 is 0 Å². The molecule has 1 aromatic heterocycles. The summed E-state index contributed by atoms with van der Waals surface area (Å²) in [5.74, 6) is -0.555. The largest absolute Gasteiger partial charge is 0.573 e. The number of nitrogens with one attached hydrogen (secondary N) is 1. The number of fused-ring (bicyclic) bond motifs is 1. The molecule has 0 radical (unpaired) electrons. The number of thiophene rings is 1. The van der Waals surface area contributed by atoms with Gasteiger partial charge in [0.25, 0.3) is 5.91 Å². The first-order chi connectivity index (χ1) is 11.4. The molecule has 1 N–H and O–H groups in total. The fourth-order valence-corrected chi connectivity index (χ4v) is 3.86. The molecule has 1 aliphatic rings. The first-order valence-corrected chi connectivity index (χ1v) is 8.51. The van der Waals surface area contributed by atoms with Crippen LogP contribution in [0.4, 0.5) is 18.9 Å².